The molecule has 0 atom stereocenters. The van der Waals surface area contributed by atoms with Crippen LogP contribution in [0.25, 0.3) is 0 Å². The number of amides is 1. The summed E-state index contributed by atoms with van der Waals surface area (Å²) in [5, 5.41) is 5.57. The van der Waals surface area contributed by atoms with Gasteiger partial charge in [-0.15, -0.1) is 12.4 Å². The van der Waals surface area contributed by atoms with E-state index in [-0.39, 0.29) is 36.3 Å². The van der Waals surface area contributed by atoms with Crippen LogP contribution in [0.1, 0.15) is 12.8 Å². The molecule has 1 aliphatic carbocycles. The lowest BCUT2D eigenvalue weighted by atomic mass is 10.2. The highest BCUT2D eigenvalue weighted by Crippen LogP contribution is 2.32. The second-order valence-electron chi connectivity index (χ2n) is 4.81. The summed E-state index contributed by atoms with van der Waals surface area (Å²) >= 11 is 0. The van der Waals surface area contributed by atoms with E-state index in [0.717, 1.165) is 6.54 Å². The molecule has 0 aliphatic heterocycles. The lowest BCUT2D eigenvalue weighted by Gasteiger charge is -2.12. The minimum atomic E-state index is -0.557. The van der Waals surface area contributed by atoms with Crippen molar-refractivity contribution in [1.29, 1.82) is 0 Å². The summed E-state index contributed by atoms with van der Waals surface area (Å²) in [5.74, 6) is 0.514. The summed E-state index contributed by atoms with van der Waals surface area (Å²) in [7, 11) is 2.88. The molecule has 0 heterocycles. The highest BCUT2D eigenvalue weighted by atomic mass is 35.5. The normalized spacial score (nSPS) is 13.3. The average molecular weight is 319 g/mol. The molecule has 0 spiro atoms. The van der Waals surface area contributed by atoms with Crippen molar-refractivity contribution in [2.75, 3.05) is 32.6 Å². The third-order valence-electron chi connectivity index (χ3n) is 3.16. The fourth-order valence-electron chi connectivity index (χ4n) is 1.86. The first-order valence-electron chi connectivity index (χ1n) is 6.56. The Morgan fingerprint density at radius 3 is 2.48 bits per heavy atom. The predicted molar refractivity (Wildman–Crippen MR) is 81.0 cm³/mol. The van der Waals surface area contributed by atoms with E-state index in [1.165, 1.54) is 39.2 Å². The van der Waals surface area contributed by atoms with Gasteiger partial charge in [0, 0.05) is 12.1 Å². The molecule has 21 heavy (non-hydrogen) atoms. The van der Waals surface area contributed by atoms with Gasteiger partial charge < -0.3 is 20.1 Å². The molecule has 1 aliphatic rings. The van der Waals surface area contributed by atoms with Crippen LogP contribution in [-0.4, -0.2) is 33.2 Å². The summed E-state index contributed by atoms with van der Waals surface area (Å²) in [6.45, 7) is 1.01. The van der Waals surface area contributed by atoms with Crippen molar-refractivity contribution in [3.05, 3.63) is 17.9 Å². The minimum absolute atomic E-state index is 0. The molecule has 118 valence electrons. The topological polar surface area (TPSA) is 59.6 Å². The Labute approximate surface area is 129 Å². The van der Waals surface area contributed by atoms with E-state index in [1.54, 1.807) is 0 Å². The molecular formula is C14H20ClFN2O3. The number of anilines is 1. The molecule has 1 saturated carbocycles. The summed E-state index contributed by atoms with van der Waals surface area (Å²) in [4.78, 5) is 11.7. The Bertz CT molecular complexity index is 495. The molecule has 1 amide bonds. The van der Waals surface area contributed by atoms with Gasteiger partial charge in [0.1, 0.15) is 0 Å². The number of ether oxygens (including phenoxy) is 2. The van der Waals surface area contributed by atoms with Gasteiger partial charge in [-0.1, -0.05) is 0 Å². The number of carbonyl (C=O) groups excluding carboxylic acids is 1. The molecule has 0 saturated heterocycles. The molecule has 0 aromatic heterocycles. The van der Waals surface area contributed by atoms with E-state index in [2.05, 4.69) is 10.6 Å². The number of carbonyl (C=O) groups is 1. The second kappa shape index (κ2) is 8.05. The molecule has 2 N–H and O–H groups in total. The van der Waals surface area contributed by atoms with Gasteiger partial charge in [0.05, 0.1) is 26.5 Å². The lowest BCUT2D eigenvalue weighted by Crippen LogP contribution is -2.29. The molecule has 7 heteroatoms. The molecule has 5 nitrogen and oxygen atoms in total. The van der Waals surface area contributed by atoms with E-state index >= 15 is 0 Å². The third kappa shape index (κ3) is 5.06. The molecule has 1 aromatic carbocycles. The molecular weight excluding hydrogens is 299 g/mol. The zero-order valence-corrected chi connectivity index (χ0v) is 12.9. The molecule has 0 bridgehead atoms. The van der Waals surface area contributed by atoms with E-state index < -0.39 is 5.82 Å². The standard InChI is InChI=1S/C14H19FN2O3.ClH/c1-19-12-5-10(15)11(6-13(12)20-2)17-14(18)8-16-7-9-3-4-9;/h5-6,9,16H,3-4,7-8H2,1-2H3,(H,17,18);1H. The molecule has 2 rings (SSSR count). The van der Waals surface area contributed by atoms with Crippen LogP contribution in [0.3, 0.4) is 0 Å². The summed E-state index contributed by atoms with van der Waals surface area (Å²) in [6, 6.07) is 2.60. The quantitative estimate of drug-likeness (QED) is 0.809. The Balaban J connectivity index is 0.00000220. The summed E-state index contributed by atoms with van der Waals surface area (Å²) < 4.78 is 23.9. The number of hydrogen-bond donors (Lipinski definition) is 2. The van der Waals surface area contributed by atoms with Crippen LogP contribution in [0.4, 0.5) is 10.1 Å². The van der Waals surface area contributed by atoms with Gasteiger partial charge in [0.2, 0.25) is 5.91 Å². The second-order valence-corrected chi connectivity index (χ2v) is 4.81. The Kier molecular flexibility index (Phi) is 6.71. The maximum absolute atomic E-state index is 13.8. The van der Waals surface area contributed by atoms with Crippen molar-refractivity contribution in [2.45, 2.75) is 12.8 Å². The Morgan fingerprint density at radius 2 is 1.90 bits per heavy atom. The molecule has 0 unspecified atom stereocenters. The zero-order valence-electron chi connectivity index (χ0n) is 12.1. The number of rotatable bonds is 7. The van der Waals surface area contributed by atoms with Crippen molar-refractivity contribution in [3.8, 4) is 11.5 Å². The highest BCUT2D eigenvalue weighted by molar-refractivity contribution is 5.92. The smallest absolute Gasteiger partial charge is 0.238 e. The maximum atomic E-state index is 13.8. The number of hydrogen-bond acceptors (Lipinski definition) is 4. The first-order valence-corrected chi connectivity index (χ1v) is 6.56. The van der Waals surface area contributed by atoms with Crippen molar-refractivity contribution in [2.24, 2.45) is 5.92 Å². The van der Waals surface area contributed by atoms with Gasteiger partial charge in [-0.2, -0.15) is 0 Å². The van der Waals surface area contributed by atoms with Gasteiger partial charge in [0.15, 0.2) is 17.3 Å². The van der Waals surface area contributed by atoms with E-state index in [4.69, 9.17) is 9.47 Å². The van der Waals surface area contributed by atoms with Gasteiger partial charge in [-0.3, -0.25) is 4.79 Å². The van der Waals surface area contributed by atoms with Crippen molar-refractivity contribution in [3.63, 3.8) is 0 Å². The number of halogens is 2. The minimum Gasteiger partial charge on any atom is -0.493 e. The van der Waals surface area contributed by atoms with Crippen molar-refractivity contribution >= 4 is 24.0 Å². The predicted octanol–water partition coefficient (Wildman–Crippen LogP) is 2.20. The third-order valence-corrected chi connectivity index (χ3v) is 3.16. The number of methoxy groups -OCH3 is 2. The number of benzene rings is 1. The van der Waals surface area contributed by atoms with Crippen LogP contribution < -0.4 is 20.1 Å². The van der Waals surface area contributed by atoms with Crippen LogP contribution in [-0.2, 0) is 4.79 Å². The molecule has 0 radical (unpaired) electrons. The SMILES string of the molecule is COc1cc(F)c(NC(=O)CNCC2CC2)cc1OC.Cl. The van der Waals surface area contributed by atoms with Crippen molar-refractivity contribution < 1.29 is 18.7 Å². The first kappa shape index (κ1) is 17.5. The van der Waals surface area contributed by atoms with Crippen LogP contribution in [0.2, 0.25) is 0 Å². The summed E-state index contributed by atoms with van der Waals surface area (Å²) in [5.41, 5.74) is 0.0841. The zero-order chi connectivity index (χ0) is 14.5. The van der Waals surface area contributed by atoms with Crippen LogP contribution >= 0.6 is 12.4 Å². The fraction of sp³-hybridized carbons (Fsp3) is 0.500. The number of nitrogens with one attached hydrogen (secondary N) is 2. The van der Waals surface area contributed by atoms with Crippen LogP contribution in [0.5, 0.6) is 11.5 Å². The Morgan fingerprint density at radius 1 is 1.29 bits per heavy atom. The fourth-order valence-corrected chi connectivity index (χ4v) is 1.86. The Hall–Kier alpha value is -1.53. The van der Waals surface area contributed by atoms with E-state index in [0.29, 0.717) is 11.7 Å². The molecule has 1 aromatic rings. The van der Waals surface area contributed by atoms with Gasteiger partial charge >= 0.3 is 0 Å². The first-order chi connectivity index (χ1) is 9.63. The molecule has 1 fully saturated rings. The largest absolute Gasteiger partial charge is 0.493 e. The van der Waals surface area contributed by atoms with Crippen LogP contribution in [0.15, 0.2) is 12.1 Å². The van der Waals surface area contributed by atoms with Gasteiger partial charge in [0.25, 0.3) is 0 Å². The van der Waals surface area contributed by atoms with E-state index in [1.807, 2.05) is 0 Å². The lowest BCUT2D eigenvalue weighted by molar-refractivity contribution is -0.115. The summed E-state index contributed by atoms with van der Waals surface area (Å²) in [6.07, 6.45) is 2.44. The average Bonchev–Trinajstić information content (AvgIpc) is 3.24. The van der Waals surface area contributed by atoms with Crippen LogP contribution in [0, 0.1) is 11.7 Å². The maximum Gasteiger partial charge on any atom is 0.238 e. The highest BCUT2D eigenvalue weighted by Gasteiger charge is 2.20. The van der Waals surface area contributed by atoms with E-state index in [9.17, 15) is 9.18 Å². The van der Waals surface area contributed by atoms with Gasteiger partial charge in [-0.25, -0.2) is 4.39 Å². The van der Waals surface area contributed by atoms with Crippen molar-refractivity contribution in [1.82, 2.24) is 5.32 Å². The monoisotopic (exact) mass is 318 g/mol. The van der Waals surface area contributed by atoms with Gasteiger partial charge in [-0.05, 0) is 25.3 Å².